The van der Waals surface area contributed by atoms with Crippen molar-refractivity contribution in [3.8, 4) is 5.75 Å². The third kappa shape index (κ3) is 2.44. The second-order valence-corrected chi connectivity index (χ2v) is 2.87. The molecule has 1 aromatic heterocycles. The SMILES string of the molecule is COc1c([N+](=O)[O-])cc(C(N)=O)nc1C(F)F. The predicted molar refractivity (Wildman–Crippen MR) is 50.9 cm³/mol. The second kappa shape index (κ2) is 4.68. The van der Waals surface area contributed by atoms with Crippen LogP contribution in [-0.2, 0) is 0 Å². The normalized spacial score (nSPS) is 10.4. The van der Waals surface area contributed by atoms with Crippen molar-refractivity contribution in [3.05, 3.63) is 27.6 Å². The molecule has 0 aromatic carbocycles. The molecule has 92 valence electrons. The van der Waals surface area contributed by atoms with Gasteiger partial charge in [-0.05, 0) is 0 Å². The molecule has 0 atom stereocenters. The van der Waals surface area contributed by atoms with Crippen LogP contribution >= 0.6 is 0 Å². The average molecular weight is 247 g/mol. The smallest absolute Gasteiger partial charge is 0.315 e. The predicted octanol–water partition coefficient (Wildman–Crippen LogP) is 1.03. The first-order chi connectivity index (χ1) is 7.88. The number of primary amides is 1. The third-order valence-electron chi connectivity index (χ3n) is 1.84. The molecule has 0 aliphatic carbocycles. The molecular formula is C8H7F2N3O4. The standard InChI is InChI=1S/C8H7F2N3O4/c1-17-6-4(13(15)16)2-3(8(11)14)12-5(6)7(9)10/h2,7H,1H3,(H2,11,14). The summed E-state index contributed by atoms with van der Waals surface area (Å²) in [5.41, 5.74) is 2.44. The van der Waals surface area contributed by atoms with Gasteiger partial charge in [-0.3, -0.25) is 14.9 Å². The van der Waals surface area contributed by atoms with Crippen LogP contribution in [0.5, 0.6) is 5.75 Å². The molecule has 1 rings (SSSR count). The third-order valence-corrected chi connectivity index (χ3v) is 1.84. The van der Waals surface area contributed by atoms with Crippen LogP contribution in [0.1, 0.15) is 22.6 Å². The average Bonchev–Trinajstić information content (AvgIpc) is 2.26. The van der Waals surface area contributed by atoms with Crippen LogP contribution in [0.4, 0.5) is 14.5 Å². The number of carbonyl (C=O) groups is 1. The van der Waals surface area contributed by atoms with Crippen molar-refractivity contribution in [1.82, 2.24) is 4.98 Å². The van der Waals surface area contributed by atoms with Crippen LogP contribution < -0.4 is 10.5 Å². The van der Waals surface area contributed by atoms with E-state index in [2.05, 4.69) is 9.72 Å². The molecule has 1 heterocycles. The number of methoxy groups -OCH3 is 1. The second-order valence-electron chi connectivity index (χ2n) is 2.87. The minimum Gasteiger partial charge on any atom is -0.489 e. The molecule has 0 aliphatic heterocycles. The molecule has 0 unspecified atom stereocenters. The number of hydrogen-bond acceptors (Lipinski definition) is 5. The number of nitrogens with two attached hydrogens (primary N) is 1. The molecule has 17 heavy (non-hydrogen) atoms. The van der Waals surface area contributed by atoms with Crippen molar-refractivity contribution in [2.45, 2.75) is 6.43 Å². The Kier molecular flexibility index (Phi) is 3.51. The Hall–Kier alpha value is -2.32. The Bertz CT molecular complexity index is 478. The van der Waals surface area contributed by atoms with E-state index < -0.39 is 40.1 Å². The van der Waals surface area contributed by atoms with Crippen molar-refractivity contribution in [2.24, 2.45) is 5.73 Å². The van der Waals surface area contributed by atoms with E-state index in [1.807, 2.05) is 0 Å². The lowest BCUT2D eigenvalue weighted by Gasteiger charge is -2.08. The largest absolute Gasteiger partial charge is 0.489 e. The number of nitro groups is 1. The molecule has 1 amide bonds. The maximum atomic E-state index is 12.6. The van der Waals surface area contributed by atoms with Gasteiger partial charge in [0, 0.05) is 0 Å². The van der Waals surface area contributed by atoms with Crippen LogP contribution in [0, 0.1) is 10.1 Å². The summed E-state index contributed by atoms with van der Waals surface area (Å²) in [6, 6.07) is 0.688. The van der Waals surface area contributed by atoms with Crippen LogP contribution in [-0.4, -0.2) is 22.9 Å². The summed E-state index contributed by atoms with van der Waals surface area (Å²) in [6.45, 7) is 0. The van der Waals surface area contributed by atoms with E-state index in [9.17, 15) is 23.7 Å². The number of amides is 1. The summed E-state index contributed by atoms with van der Waals surface area (Å²) in [6.07, 6.45) is -3.12. The van der Waals surface area contributed by atoms with Gasteiger partial charge < -0.3 is 10.5 Å². The number of aromatic nitrogens is 1. The Morgan fingerprint density at radius 2 is 2.24 bits per heavy atom. The minimum atomic E-state index is -3.12. The molecule has 0 saturated carbocycles. The fraction of sp³-hybridized carbons (Fsp3) is 0.250. The molecule has 0 spiro atoms. The Morgan fingerprint density at radius 1 is 1.65 bits per heavy atom. The van der Waals surface area contributed by atoms with Crippen LogP contribution in [0.15, 0.2) is 6.07 Å². The van der Waals surface area contributed by atoms with Crippen molar-refractivity contribution >= 4 is 11.6 Å². The zero-order valence-corrected chi connectivity index (χ0v) is 8.52. The van der Waals surface area contributed by atoms with Gasteiger partial charge in [0.25, 0.3) is 12.3 Å². The van der Waals surface area contributed by atoms with Gasteiger partial charge in [-0.15, -0.1) is 0 Å². The summed E-state index contributed by atoms with van der Waals surface area (Å²) in [4.78, 5) is 23.7. The van der Waals surface area contributed by atoms with Crippen LogP contribution in [0.25, 0.3) is 0 Å². The number of ether oxygens (including phenoxy) is 1. The van der Waals surface area contributed by atoms with E-state index in [0.717, 1.165) is 7.11 Å². The lowest BCUT2D eigenvalue weighted by molar-refractivity contribution is -0.386. The number of hydrogen-bond donors (Lipinski definition) is 1. The van der Waals surface area contributed by atoms with E-state index in [0.29, 0.717) is 6.07 Å². The minimum absolute atomic E-state index is 0.618. The van der Waals surface area contributed by atoms with Gasteiger partial charge in [0.15, 0.2) is 5.69 Å². The van der Waals surface area contributed by atoms with E-state index in [-0.39, 0.29) is 0 Å². The van der Waals surface area contributed by atoms with Crippen molar-refractivity contribution in [3.63, 3.8) is 0 Å². The highest BCUT2D eigenvalue weighted by Crippen LogP contribution is 2.35. The molecule has 2 N–H and O–H groups in total. The number of pyridine rings is 1. The van der Waals surface area contributed by atoms with Crippen molar-refractivity contribution < 1.29 is 23.2 Å². The highest BCUT2D eigenvalue weighted by molar-refractivity contribution is 5.91. The Morgan fingerprint density at radius 3 is 2.59 bits per heavy atom. The van der Waals surface area contributed by atoms with Crippen molar-refractivity contribution in [1.29, 1.82) is 0 Å². The summed E-state index contributed by atoms with van der Waals surface area (Å²) < 4.78 is 29.7. The maximum absolute atomic E-state index is 12.6. The molecule has 9 heteroatoms. The molecule has 7 nitrogen and oxygen atoms in total. The van der Waals surface area contributed by atoms with Crippen LogP contribution in [0.2, 0.25) is 0 Å². The highest BCUT2D eigenvalue weighted by atomic mass is 19.3. The van der Waals surface area contributed by atoms with Crippen LogP contribution in [0.3, 0.4) is 0 Å². The zero-order valence-electron chi connectivity index (χ0n) is 8.52. The lowest BCUT2D eigenvalue weighted by atomic mass is 10.2. The topological polar surface area (TPSA) is 108 Å². The molecule has 1 aromatic rings. The van der Waals surface area contributed by atoms with Gasteiger partial charge in [-0.2, -0.15) is 0 Å². The summed E-state index contributed by atoms with van der Waals surface area (Å²) in [5, 5.41) is 10.6. The van der Waals surface area contributed by atoms with Gasteiger partial charge in [0.1, 0.15) is 5.69 Å². The Labute approximate surface area is 93.3 Å². The number of halogens is 2. The fourth-order valence-corrected chi connectivity index (χ4v) is 1.16. The Balaban J connectivity index is 3.57. The van der Waals surface area contributed by atoms with Gasteiger partial charge in [0.2, 0.25) is 5.75 Å². The maximum Gasteiger partial charge on any atom is 0.315 e. The first kappa shape index (κ1) is 12.7. The van der Waals surface area contributed by atoms with E-state index in [1.54, 1.807) is 0 Å². The highest BCUT2D eigenvalue weighted by Gasteiger charge is 2.28. The quantitative estimate of drug-likeness (QED) is 0.631. The number of nitrogens with zero attached hydrogens (tertiary/aromatic N) is 2. The lowest BCUT2D eigenvalue weighted by Crippen LogP contribution is -2.15. The number of rotatable bonds is 4. The monoisotopic (exact) mass is 247 g/mol. The van der Waals surface area contributed by atoms with E-state index in [1.165, 1.54) is 0 Å². The van der Waals surface area contributed by atoms with E-state index in [4.69, 9.17) is 5.73 Å². The molecule has 0 radical (unpaired) electrons. The molecule has 0 bridgehead atoms. The first-order valence-corrected chi connectivity index (χ1v) is 4.19. The first-order valence-electron chi connectivity index (χ1n) is 4.19. The molecular weight excluding hydrogens is 240 g/mol. The van der Waals surface area contributed by atoms with Gasteiger partial charge in [-0.1, -0.05) is 0 Å². The summed E-state index contributed by atoms with van der Waals surface area (Å²) in [7, 11) is 0.986. The van der Waals surface area contributed by atoms with E-state index >= 15 is 0 Å². The molecule has 0 aliphatic rings. The van der Waals surface area contributed by atoms with Crippen molar-refractivity contribution in [2.75, 3.05) is 7.11 Å². The number of alkyl halides is 2. The van der Waals surface area contributed by atoms with Gasteiger partial charge in [-0.25, -0.2) is 13.8 Å². The van der Waals surface area contributed by atoms with Gasteiger partial charge >= 0.3 is 5.69 Å². The summed E-state index contributed by atoms with van der Waals surface area (Å²) >= 11 is 0. The fourth-order valence-electron chi connectivity index (χ4n) is 1.16. The zero-order chi connectivity index (χ0) is 13.2. The number of carbonyl (C=O) groups excluding carboxylic acids is 1. The summed E-state index contributed by atoms with van der Waals surface area (Å²) in [5.74, 6) is -1.83. The molecule has 0 saturated heterocycles. The molecule has 0 fully saturated rings. The van der Waals surface area contributed by atoms with Gasteiger partial charge in [0.05, 0.1) is 18.1 Å².